The van der Waals surface area contributed by atoms with Crippen molar-refractivity contribution in [3.63, 3.8) is 0 Å². The Morgan fingerprint density at radius 1 is 1.69 bits per heavy atom. The zero-order valence-electron chi connectivity index (χ0n) is 7.90. The van der Waals surface area contributed by atoms with E-state index in [1.165, 1.54) is 0 Å². The lowest BCUT2D eigenvalue weighted by Crippen LogP contribution is -2.02. The van der Waals surface area contributed by atoms with Crippen molar-refractivity contribution < 1.29 is 9.90 Å². The van der Waals surface area contributed by atoms with Crippen molar-refractivity contribution in [3.8, 4) is 0 Å². The van der Waals surface area contributed by atoms with Crippen LogP contribution in [0.3, 0.4) is 0 Å². The molecule has 4 nitrogen and oxygen atoms in total. The number of aliphatic carboxylic acids is 1. The highest BCUT2D eigenvalue weighted by atomic mass is 16.4. The number of hydrogen-bond donors (Lipinski definition) is 1. The number of carbonyl (C=O) groups is 1. The third-order valence-electron chi connectivity index (χ3n) is 1.83. The largest absolute Gasteiger partial charge is 0.481 e. The van der Waals surface area contributed by atoms with E-state index in [2.05, 4.69) is 18.8 Å². The molecule has 0 aliphatic heterocycles. The van der Waals surface area contributed by atoms with Crippen molar-refractivity contribution in [2.75, 3.05) is 0 Å². The Bertz CT molecular complexity index is 292. The fraction of sp³-hybridized carbons (Fsp3) is 0.556. The number of carboxylic acid groups (broad SMARTS) is 1. The molecule has 72 valence electrons. The average Bonchev–Trinajstić information content (AvgIpc) is 2.48. The van der Waals surface area contributed by atoms with Crippen LogP contribution in [-0.4, -0.2) is 20.6 Å². The topological polar surface area (TPSA) is 55.1 Å². The second kappa shape index (κ2) is 4.07. The van der Waals surface area contributed by atoms with Crippen LogP contribution in [0.25, 0.3) is 0 Å². The predicted octanol–water partition coefficient (Wildman–Crippen LogP) is 1.48. The highest BCUT2D eigenvalue weighted by Gasteiger charge is 2.03. The maximum Gasteiger partial charge on any atom is 0.305 e. The lowest BCUT2D eigenvalue weighted by molar-refractivity contribution is -0.137. The van der Waals surface area contributed by atoms with E-state index in [0.717, 1.165) is 5.69 Å². The lowest BCUT2D eigenvalue weighted by Gasteiger charge is -1.98. The maximum atomic E-state index is 10.3. The van der Waals surface area contributed by atoms with Crippen molar-refractivity contribution in [1.82, 2.24) is 9.55 Å². The molecule has 0 fully saturated rings. The number of carboxylic acids is 1. The standard InChI is InChI=1S/C9H14N2O2/c1-7(2)8-5-11(6-10-8)4-3-9(12)13/h5-7H,3-4H2,1-2H3,(H,12,13). The van der Waals surface area contributed by atoms with Crippen LogP contribution < -0.4 is 0 Å². The maximum absolute atomic E-state index is 10.3. The highest BCUT2D eigenvalue weighted by molar-refractivity contribution is 5.66. The highest BCUT2D eigenvalue weighted by Crippen LogP contribution is 2.10. The molecule has 0 amide bonds. The van der Waals surface area contributed by atoms with Gasteiger partial charge in [0, 0.05) is 12.7 Å². The van der Waals surface area contributed by atoms with Crippen LogP contribution in [0.1, 0.15) is 31.9 Å². The molecule has 13 heavy (non-hydrogen) atoms. The Balaban J connectivity index is 2.54. The summed E-state index contributed by atoms with van der Waals surface area (Å²) < 4.78 is 1.81. The molecule has 1 aromatic rings. The summed E-state index contributed by atoms with van der Waals surface area (Å²) in [6, 6.07) is 0. The van der Waals surface area contributed by atoms with Crippen molar-refractivity contribution in [2.45, 2.75) is 32.7 Å². The van der Waals surface area contributed by atoms with Gasteiger partial charge in [-0.2, -0.15) is 0 Å². The van der Waals surface area contributed by atoms with E-state index >= 15 is 0 Å². The van der Waals surface area contributed by atoms with Gasteiger partial charge >= 0.3 is 5.97 Å². The minimum atomic E-state index is -0.778. The summed E-state index contributed by atoms with van der Waals surface area (Å²) in [5, 5.41) is 8.46. The number of hydrogen-bond acceptors (Lipinski definition) is 2. The van der Waals surface area contributed by atoms with Crippen LogP contribution in [0.4, 0.5) is 0 Å². The van der Waals surface area contributed by atoms with Crippen LogP contribution in [-0.2, 0) is 11.3 Å². The van der Waals surface area contributed by atoms with Crippen LogP contribution in [0.5, 0.6) is 0 Å². The Morgan fingerprint density at radius 3 is 2.85 bits per heavy atom. The first-order chi connectivity index (χ1) is 6.09. The molecule has 0 saturated carbocycles. The van der Waals surface area contributed by atoms with Gasteiger partial charge in [0.1, 0.15) is 0 Å². The van der Waals surface area contributed by atoms with Gasteiger partial charge in [0.2, 0.25) is 0 Å². The van der Waals surface area contributed by atoms with E-state index in [4.69, 9.17) is 5.11 Å². The summed E-state index contributed by atoms with van der Waals surface area (Å²) in [5.74, 6) is -0.383. The van der Waals surface area contributed by atoms with Crippen LogP contribution in [0.2, 0.25) is 0 Å². The molecule has 1 rings (SSSR count). The van der Waals surface area contributed by atoms with E-state index < -0.39 is 5.97 Å². The van der Waals surface area contributed by atoms with Crippen molar-refractivity contribution in [1.29, 1.82) is 0 Å². The fourth-order valence-corrected chi connectivity index (χ4v) is 1.02. The third-order valence-corrected chi connectivity index (χ3v) is 1.83. The minimum Gasteiger partial charge on any atom is -0.481 e. The van der Waals surface area contributed by atoms with Gasteiger partial charge in [-0.1, -0.05) is 13.8 Å². The van der Waals surface area contributed by atoms with Gasteiger partial charge < -0.3 is 9.67 Å². The lowest BCUT2D eigenvalue weighted by atomic mass is 10.2. The first kappa shape index (κ1) is 9.77. The molecular weight excluding hydrogens is 168 g/mol. The molecule has 0 unspecified atom stereocenters. The SMILES string of the molecule is CC(C)c1cn(CCC(=O)O)cn1. The molecule has 0 spiro atoms. The van der Waals surface area contributed by atoms with E-state index in [-0.39, 0.29) is 6.42 Å². The summed E-state index contributed by atoms with van der Waals surface area (Å²) in [4.78, 5) is 14.4. The normalized spacial score (nSPS) is 10.7. The zero-order chi connectivity index (χ0) is 9.84. The molecule has 0 aliphatic rings. The molecule has 1 aromatic heterocycles. The predicted molar refractivity (Wildman–Crippen MR) is 48.6 cm³/mol. The summed E-state index contributed by atoms with van der Waals surface area (Å²) in [6.07, 6.45) is 3.72. The smallest absolute Gasteiger partial charge is 0.305 e. The summed E-state index contributed by atoms with van der Waals surface area (Å²) in [6.45, 7) is 4.61. The molecule has 0 aromatic carbocycles. The Hall–Kier alpha value is -1.32. The second-order valence-corrected chi connectivity index (χ2v) is 3.33. The molecule has 0 radical (unpaired) electrons. The van der Waals surface area contributed by atoms with Gasteiger partial charge in [0.05, 0.1) is 18.4 Å². The van der Waals surface area contributed by atoms with Crippen LogP contribution in [0.15, 0.2) is 12.5 Å². The Labute approximate surface area is 77.2 Å². The fourth-order valence-electron chi connectivity index (χ4n) is 1.02. The Kier molecular flexibility index (Phi) is 3.06. The van der Waals surface area contributed by atoms with Crippen molar-refractivity contribution in [3.05, 3.63) is 18.2 Å². The molecule has 0 saturated heterocycles. The van der Waals surface area contributed by atoms with Gasteiger partial charge in [-0.15, -0.1) is 0 Å². The van der Waals surface area contributed by atoms with Gasteiger partial charge in [0.25, 0.3) is 0 Å². The van der Waals surface area contributed by atoms with Gasteiger partial charge in [-0.05, 0) is 5.92 Å². The summed E-state index contributed by atoms with van der Waals surface area (Å²) in [7, 11) is 0. The molecule has 0 bridgehead atoms. The van der Waals surface area contributed by atoms with Crippen LogP contribution in [0, 0.1) is 0 Å². The number of aryl methyl sites for hydroxylation is 1. The molecule has 0 aliphatic carbocycles. The number of rotatable bonds is 4. The van der Waals surface area contributed by atoms with E-state index in [9.17, 15) is 4.79 Å². The first-order valence-corrected chi connectivity index (χ1v) is 4.33. The number of aromatic nitrogens is 2. The van der Waals surface area contributed by atoms with Gasteiger partial charge in [-0.3, -0.25) is 4.79 Å². The zero-order valence-corrected chi connectivity index (χ0v) is 7.90. The van der Waals surface area contributed by atoms with Crippen molar-refractivity contribution >= 4 is 5.97 Å². The summed E-state index contributed by atoms with van der Waals surface area (Å²) in [5.41, 5.74) is 1.00. The molecule has 4 heteroatoms. The van der Waals surface area contributed by atoms with Gasteiger partial charge in [-0.25, -0.2) is 4.98 Å². The van der Waals surface area contributed by atoms with E-state index in [0.29, 0.717) is 12.5 Å². The number of nitrogens with zero attached hydrogens (tertiary/aromatic N) is 2. The first-order valence-electron chi connectivity index (χ1n) is 4.33. The average molecular weight is 182 g/mol. The van der Waals surface area contributed by atoms with E-state index in [1.54, 1.807) is 6.33 Å². The van der Waals surface area contributed by atoms with Gasteiger partial charge in [0.15, 0.2) is 0 Å². The Morgan fingerprint density at radius 2 is 2.38 bits per heavy atom. The molecule has 0 atom stereocenters. The van der Waals surface area contributed by atoms with Crippen LogP contribution >= 0.6 is 0 Å². The minimum absolute atomic E-state index is 0.147. The van der Waals surface area contributed by atoms with Crippen molar-refractivity contribution in [2.24, 2.45) is 0 Å². The van der Waals surface area contributed by atoms with E-state index in [1.807, 2.05) is 10.8 Å². The monoisotopic (exact) mass is 182 g/mol. The third kappa shape index (κ3) is 2.89. The summed E-state index contributed by atoms with van der Waals surface area (Å²) >= 11 is 0. The number of imidazole rings is 1. The second-order valence-electron chi connectivity index (χ2n) is 3.33. The molecule has 1 N–H and O–H groups in total. The molecular formula is C9H14N2O2. The quantitative estimate of drug-likeness (QED) is 0.767. The molecule has 1 heterocycles.